The Bertz CT molecular complexity index is 919. The molecule has 0 saturated carbocycles. The van der Waals surface area contributed by atoms with Crippen LogP contribution in [0.25, 0.3) is 11.4 Å². The zero-order chi connectivity index (χ0) is 19.5. The van der Waals surface area contributed by atoms with E-state index < -0.39 is 0 Å². The zero-order valence-electron chi connectivity index (χ0n) is 16.3. The van der Waals surface area contributed by atoms with Crippen molar-refractivity contribution in [2.45, 2.75) is 32.4 Å². The molecular weight excluding hydrogens is 355 g/mol. The van der Waals surface area contributed by atoms with Crippen LogP contribution >= 0.6 is 0 Å². The summed E-state index contributed by atoms with van der Waals surface area (Å²) in [5.41, 5.74) is 3.72. The Hall–Kier alpha value is -2.73. The quantitative estimate of drug-likeness (QED) is 0.661. The summed E-state index contributed by atoms with van der Waals surface area (Å²) in [7, 11) is 2.13. The molecule has 0 spiro atoms. The zero-order valence-corrected chi connectivity index (χ0v) is 16.3. The van der Waals surface area contributed by atoms with Gasteiger partial charge >= 0.3 is 0 Å². The van der Waals surface area contributed by atoms with E-state index in [0.29, 0.717) is 6.04 Å². The Morgan fingerprint density at radius 1 is 1.14 bits per heavy atom. The molecule has 3 aromatic rings. The number of nitrogens with zero attached hydrogens (tertiary/aromatic N) is 4. The van der Waals surface area contributed by atoms with Crippen molar-refractivity contribution in [1.82, 2.24) is 15.0 Å². The first kappa shape index (κ1) is 18.6. The molecule has 1 fully saturated rings. The van der Waals surface area contributed by atoms with Crippen LogP contribution in [0.1, 0.15) is 24.2 Å². The molecule has 0 amide bonds. The number of pyridine rings is 1. The first-order valence-corrected chi connectivity index (χ1v) is 9.68. The highest BCUT2D eigenvalue weighted by molar-refractivity contribution is 5.54. The maximum Gasteiger partial charge on any atom is 0.151 e. The SMILES string of the molecule is Cc1cc(F)ccc1N1CCC(N(C)Cc2cc(-c3ccccn3)no2)CC1. The average molecular weight is 380 g/mol. The van der Waals surface area contributed by atoms with Crippen molar-refractivity contribution in [3.8, 4) is 11.4 Å². The van der Waals surface area contributed by atoms with E-state index >= 15 is 0 Å². The molecule has 0 unspecified atom stereocenters. The van der Waals surface area contributed by atoms with E-state index in [0.717, 1.165) is 60.9 Å². The van der Waals surface area contributed by atoms with Gasteiger partial charge in [-0.05, 0) is 62.7 Å². The van der Waals surface area contributed by atoms with Gasteiger partial charge in [-0.3, -0.25) is 9.88 Å². The van der Waals surface area contributed by atoms with Crippen LogP contribution in [-0.2, 0) is 6.54 Å². The molecule has 146 valence electrons. The monoisotopic (exact) mass is 380 g/mol. The fourth-order valence-corrected chi connectivity index (χ4v) is 3.92. The van der Waals surface area contributed by atoms with Crippen LogP contribution in [0.3, 0.4) is 0 Å². The van der Waals surface area contributed by atoms with Crippen molar-refractivity contribution in [3.05, 3.63) is 65.8 Å². The van der Waals surface area contributed by atoms with E-state index in [-0.39, 0.29) is 5.82 Å². The molecule has 6 heteroatoms. The molecule has 0 atom stereocenters. The first-order chi connectivity index (χ1) is 13.6. The Balaban J connectivity index is 1.34. The predicted octanol–water partition coefficient (Wildman–Crippen LogP) is 4.28. The van der Waals surface area contributed by atoms with Crippen LogP contribution in [0.2, 0.25) is 0 Å². The first-order valence-electron chi connectivity index (χ1n) is 9.68. The van der Waals surface area contributed by atoms with Crippen molar-refractivity contribution in [3.63, 3.8) is 0 Å². The van der Waals surface area contributed by atoms with Crippen LogP contribution in [0.15, 0.2) is 53.2 Å². The van der Waals surface area contributed by atoms with E-state index in [2.05, 4.69) is 27.0 Å². The van der Waals surface area contributed by atoms with Gasteiger partial charge in [-0.2, -0.15) is 0 Å². The van der Waals surface area contributed by atoms with Crippen LogP contribution in [0, 0.1) is 12.7 Å². The number of aryl methyl sites for hydroxylation is 1. The minimum atomic E-state index is -0.173. The molecule has 5 nitrogen and oxygen atoms in total. The third kappa shape index (κ3) is 4.07. The van der Waals surface area contributed by atoms with E-state index in [1.807, 2.05) is 37.3 Å². The summed E-state index contributed by atoms with van der Waals surface area (Å²) < 4.78 is 18.9. The minimum absolute atomic E-state index is 0.173. The summed E-state index contributed by atoms with van der Waals surface area (Å²) in [6.07, 6.45) is 3.88. The number of aromatic nitrogens is 2. The highest BCUT2D eigenvalue weighted by atomic mass is 19.1. The number of anilines is 1. The van der Waals surface area contributed by atoms with Gasteiger partial charge in [0.15, 0.2) is 5.76 Å². The number of hydrogen-bond donors (Lipinski definition) is 0. The number of piperidine rings is 1. The van der Waals surface area contributed by atoms with Crippen molar-refractivity contribution in [2.75, 3.05) is 25.0 Å². The Morgan fingerprint density at radius 3 is 2.68 bits per heavy atom. The summed E-state index contributed by atoms with van der Waals surface area (Å²) in [4.78, 5) is 9.00. The summed E-state index contributed by atoms with van der Waals surface area (Å²) in [6, 6.07) is 13.3. The minimum Gasteiger partial charge on any atom is -0.371 e. The smallest absolute Gasteiger partial charge is 0.151 e. The van der Waals surface area contributed by atoms with Crippen LogP contribution in [-0.4, -0.2) is 41.2 Å². The number of halogens is 1. The molecule has 1 aromatic carbocycles. The molecule has 0 N–H and O–H groups in total. The molecule has 0 radical (unpaired) electrons. The topological polar surface area (TPSA) is 45.4 Å². The molecular formula is C22H25FN4O. The highest BCUT2D eigenvalue weighted by Gasteiger charge is 2.24. The lowest BCUT2D eigenvalue weighted by Crippen LogP contribution is -2.43. The van der Waals surface area contributed by atoms with E-state index in [9.17, 15) is 4.39 Å². The molecule has 1 aliphatic rings. The fourth-order valence-electron chi connectivity index (χ4n) is 3.92. The van der Waals surface area contributed by atoms with Crippen LogP contribution < -0.4 is 4.90 Å². The maximum absolute atomic E-state index is 13.4. The van der Waals surface area contributed by atoms with Gasteiger partial charge < -0.3 is 9.42 Å². The fraction of sp³-hybridized carbons (Fsp3) is 0.364. The van der Waals surface area contributed by atoms with E-state index in [1.54, 1.807) is 18.3 Å². The van der Waals surface area contributed by atoms with Gasteiger partial charge in [0.2, 0.25) is 0 Å². The molecule has 28 heavy (non-hydrogen) atoms. The van der Waals surface area contributed by atoms with E-state index in [1.165, 1.54) is 0 Å². The summed E-state index contributed by atoms with van der Waals surface area (Å²) in [6.45, 7) is 4.63. The van der Waals surface area contributed by atoms with Crippen molar-refractivity contribution >= 4 is 5.69 Å². The van der Waals surface area contributed by atoms with Crippen LogP contribution in [0.5, 0.6) is 0 Å². The Kier molecular flexibility index (Phi) is 5.39. The van der Waals surface area contributed by atoms with Gasteiger partial charge in [-0.1, -0.05) is 11.2 Å². The summed E-state index contributed by atoms with van der Waals surface area (Å²) >= 11 is 0. The molecule has 0 aliphatic carbocycles. The maximum atomic E-state index is 13.4. The lowest BCUT2D eigenvalue weighted by Gasteiger charge is -2.38. The van der Waals surface area contributed by atoms with Gasteiger partial charge in [0, 0.05) is 37.1 Å². The van der Waals surface area contributed by atoms with Gasteiger partial charge in [0.1, 0.15) is 11.5 Å². The molecule has 3 heterocycles. The number of benzene rings is 1. The third-order valence-corrected chi connectivity index (χ3v) is 5.48. The standard InChI is InChI=1S/C22H25FN4O/c1-16-13-17(23)6-7-22(16)27-11-8-18(9-12-27)26(2)15-19-14-21(25-28-19)20-5-3-4-10-24-20/h3-7,10,13-14,18H,8-9,11-12,15H2,1-2H3. The van der Waals surface area contributed by atoms with Gasteiger partial charge in [-0.15, -0.1) is 0 Å². The average Bonchev–Trinajstić information content (AvgIpc) is 3.17. The van der Waals surface area contributed by atoms with Gasteiger partial charge in [0.25, 0.3) is 0 Å². The van der Waals surface area contributed by atoms with Crippen molar-refractivity contribution in [1.29, 1.82) is 0 Å². The van der Waals surface area contributed by atoms with Gasteiger partial charge in [0.05, 0.1) is 12.2 Å². The highest BCUT2D eigenvalue weighted by Crippen LogP contribution is 2.26. The second kappa shape index (κ2) is 8.10. The molecule has 1 aliphatic heterocycles. The number of rotatable bonds is 5. The lowest BCUT2D eigenvalue weighted by molar-refractivity contribution is 0.180. The Morgan fingerprint density at radius 2 is 1.96 bits per heavy atom. The van der Waals surface area contributed by atoms with Crippen molar-refractivity contribution in [2.24, 2.45) is 0 Å². The summed E-state index contributed by atoms with van der Waals surface area (Å²) in [5.74, 6) is 0.674. The molecule has 1 saturated heterocycles. The van der Waals surface area contributed by atoms with Crippen LogP contribution in [0.4, 0.5) is 10.1 Å². The third-order valence-electron chi connectivity index (χ3n) is 5.48. The molecule has 4 rings (SSSR count). The van der Waals surface area contributed by atoms with Gasteiger partial charge in [-0.25, -0.2) is 4.39 Å². The predicted molar refractivity (Wildman–Crippen MR) is 108 cm³/mol. The van der Waals surface area contributed by atoms with E-state index in [4.69, 9.17) is 4.52 Å². The Labute approximate surface area is 164 Å². The van der Waals surface area contributed by atoms with Crippen molar-refractivity contribution < 1.29 is 8.91 Å². The largest absolute Gasteiger partial charge is 0.371 e. The summed E-state index contributed by atoms with van der Waals surface area (Å²) in [5, 5.41) is 4.15. The second-order valence-corrected chi connectivity index (χ2v) is 7.46. The normalized spacial score (nSPS) is 15.4. The molecule has 0 bridgehead atoms. The second-order valence-electron chi connectivity index (χ2n) is 7.46. The number of hydrogen-bond acceptors (Lipinski definition) is 5. The molecule has 2 aromatic heterocycles. The lowest BCUT2D eigenvalue weighted by atomic mass is 10.0.